The second-order valence-electron chi connectivity index (χ2n) is 6.20. The van der Waals surface area contributed by atoms with Crippen molar-refractivity contribution in [2.24, 2.45) is 21.5 Å². The van der Waals surface area contributed by atoms with Crippen molar-refractivity contribution in [3.8, 4) is 0 Å². The van der Waals surface area contributed by atoms with Gasteiger partial charge < -0.3 is 30.7 Å². The molecule has 4 N–H and O–H groups in total. The van der Waals surface area contributed by atoms with Crippen LogP contribution in [0.15, 0.2) is 23.1 Å². The zero-order chi connectivity index (χ0) is 25.9. The second-order valence-corrected chi connectivity index (χ2v) is 6.20. The van der Waals surface area contributed by atoms with Crippen molar-refractivity contribution in [2.75, 3.05) is 104 Å². The lowest BCUT2D eigenvalue weighted by Gasteiger charge is -2.05. The highest BCUT2D eigenvalue weighted by molar-refractivity contribution is 14.1. The Morgan fingerprint density at radius 2 is 1.00 bits per heavy atom. The summed E-state index contributed by atoms with van der Waals surface area (Å²) in [5.41, 5.74) is 10.4. The van der Waals surface area contributed by atoms with Crippen LogP contribution in [0.5, 0.6) is 0 Å². The van der Waals surface area contributed by atoms with Crippen LogP contribution in [0, 0.1) is 0 Å². The molecule has 0 saturated heterocycles. The summed E-state index contributed by atoms with van der Waals surface area (Å²) in [6.45, 7) is 14.2. The number of ether oxygens (including phenoxy) is 2. The van der Waals surface area contributed by atoms with Crippen molar-refractivity contribution in [3.05, 3.63) is 13.2 Å². The SMILES string of the molecule is C=C=NCCCN(C)C.C=C=NCCCN(C)C.CI.CI.NCCOCCOCCN. The number of halogens is 2. The molecule has 10 heteroatoms. The Morgan fingerprint density at radius 3 is 1.22 bits per heavy atom. The molecule has 0 radical (unpaired) electrons. The molecule has 0 spiro atoms. The molecule has 0 saturated carbocycles. The van der Waals surface area contributed by atoms with Gasteiger partial charge in [-0.15, -0.1) is 0 Å². The molecule has 194 valence electrons. The van der Waals surface area contributed by atoms with E-state index < -0.39 is 0 Å². The lowest BCUT2D eigenvalue weighted by Crippen LogP contribution is -2.14. The van der Waals surface area contributed by atoms with E-state index in [4.69, 9.17) is 20.9 Å². The molecule has 0 aromatic rings. The van der Waals surface area contributed by atoms with E-state index in [0.717, 1.165) is 39.0 Å². The largest absolute Gasteiger partial charge is 0.378 e. The summed E-state index contributed by atoms with van der Waals surface area (Å²) >= 11 is 4.30. The van der Waals surface area contributed by atoms with Gasteiger partial charge in [-0.05, 0) is 88.9 Å². The Labute approximate surface area is 226 Å². The minimum atomic E-state index is 0.566. The Kier molecular flexibility index (Phi) is 64.1. The van der Waals surface area contributed by atoms with Crippen LogP contribution in [-0.4, -0.2) is 125 Å². The maximum atomic E-state index is 5.18. The van der Waals surface area contributed by atoms with Crippen molar-refractivity contribution in [3.63, 3.8) is 0 Å². The van der Waals surface area contributed by atoms with Gasteiger partial charge in [0.1, 0.15) is 0 Å². The lowest BCUT2D eigenvalue weighted by atomic mass is 10.4. The molecule has 0 atom stereocenters. The number of rotatable bonds is 15. The van der Waals surface area contributed by atoms with Gasteiger partial charge in [-0.1, -0.05) is 45.2 Å². The smallest absolute Gasteiger partial charge is 0.0701 e. The van der Waals surface area contributed by atoms with Crippen LogP contribution in [0.3, 0.4) is 0 Å². The Morgan fingerprint density at radius 1 is 0.688 bits per heavy atom. The average molecular weight is 684 g/mol. The van der Waals surface area contributed by atoms with E-state index in [0.29, 0.717) is 39.5 Å². The first-order chi connectivity index (χ1) is 15.5. The zero-order valence-electron chi connectivity index (χ0n) is 21.4. The summed E-state index contributed by atoms with van der Waals surface area (Å²) in [5, 5.41) is 0. The summed E-state index contributed by atoms with van der Waals surface area (Å²) < 4.78 is 10.1. The van der Waals surface area contributed by atoms with Crippen LogP contribution in [0.4, 0.5) is 0 Å². The van der Waals surface area contributed by atoms with Crippen LogP contribution in [0.1, 0.15) is 12.8 Å². The third-order valence-electron chi connectivity index (χ3n) is 2.87. The van der Waals surface area contributed by atoms with Gasteiger partial charge in [0, 0.05) is 26.2 Å². The maximum Gasteiger partial charge on any atom is 0.0701 e. The minimum absolute atomic E-state index is 0.566. The molecule has 0 fully saturated rings. The van der Waals surface area contributed by atoms with E-state index in [1.807, 2.05) is 9.86 Å². The number of aliphatic imine (C=N–C) groups is 2. The predicted molar refractivity (Wildman–Crippen MR) is 162 cm³/mol. The molecular weight excluding hydrogens is 634 g/mol. The Hall–Kier alpha value is 0.120. The molecule has 8 nitrogen and oxygen atoms in total. The van der Waals surface area contributed by atoms with E-state index in [-0.39, 0.29) is 0 Å². The molecule has 0 bridgehead atoms. The Balaban J connectivity index is -0.000000105. The summed E-state index contributed by atoms with van der Waals surface area (Å²) in [6, 6.07) is 0. The topological polar surface area (TPSA) is 102 Å². The zero-order valence-corrected chi connectivity index (χ0v) is 25.7. The van der Waals surface area contributed by atoms with Crippen molar-refractivity contribution in [1.29, 1.82) is 0 Å². The molecule has 0 aliphatic rings. The molecule has 32 heavy (non-hydrogen) atoms. The van der Waals surface area contributed by atoms with E-state index in [9.17, 15) is 0 Å². The normalized spacial score (nSPS) is 8.75. The maximum absolute atomic E-state index is 5.18. The standard InChI is InChI=1S/2C7H14N2.C6H16N2O2.2CH3I/c2*1-4-8-6-5-7-9(2)3;7-1-3-9-5-6-10-4-2-8;2*1-2/h2*1,5-7H2,2-3H3;1-8H2;2*1H3. The highest BCUT2D eigenvalue weighted by Crippen LogP contribution is 1.82. The van der Waals surface area contributed by atoms with Gasteiger partial charge >= 0.3 is 0 Å². The van der Waals surface area contributed by atoms with E-state index in [2.05, 4.69) is 118 Å². The van der Waals surface area contributed by atoms with Crippen LogP contribution in [0.25, 0.3) is 0 Å². The molecule has 0 amide bonds. The summed E-state index contributed by atoms with van der Waals surface area (Å²) in [6.07, 6.45) is 2.19. The van der Waals surface area contributed by atoms with Gasteiger partial charge in [0.25, 0.3) is 0 Å². The number of hydrogen-bond acceptors (Lipinski definition) is 8. The number of hydrogen-bond donors (Lipinski definition) is 2. The summed E-state index contributed by atoms with van der Waals surface area (Å²) in [5.74, 6) is 5.00. The molecule has 0 unspecified atom stereocenters. The monoisotopic (exact) mass is 684 g/mol. The fourth-order valence-electron chi connectivity index (χ4n) is 1.58. The molecule has 0 aromatic heterocycles. The van der Waals surface area contributed by atoms with E-state index in [1.54, 1.807) is 0 Å². The molecule has 0 aliphatic heterocycles. The fourth-order valence-corrected chi connectivity index (χ4v) is 1.58. The highest BCUT2D eigenvalue weighted by Gasteiger charge is 1.87. The number of nitrogens with zero attached hydrogens (tertiary/aromatic N) is 4. The third kappa shape index (κ3) is 69.9. The fraction of sp³-hybridized carbons (Fsp3) is 0.818. The van der Waals surface area contributed by atoms with Gasteiger partial charge in [0.05, 0.1) is 26.4 Å². The van der Waals surface area contributed by atoms with Gasteiger partial charge in [-0.2, -0.15) is 0 Å². The molecule has 0 aliphatic carbocycles. The summed E-state index contributed by atoms with van der Waals surface area (Å²) in [4.78, 5) is 15.9. The number of nitrogens with two attached hydrogens (primary N) is 2. The van der Waals surface area contributed by atoms with Gasteiger partial charge in [-0.25, -0.2) is 9.98 Å². The first kappa shape index (κ1) is 42.3. The first-order valence-corrected chi connectivity index (χ1v) is 14.8. The first-order valence-electron chi connectivity index (χ1n) is 10.4. The molecule has 0 heterocycles. The molecular formula is C22H50I2N6O2. The van der Waals surface area contributed by atoms with Crippen molar-refractivity contribution < 1.29 is 9.47 Å². The minimum Gasteiger partial charge on any atom is -0.378 e. The highest BCUT2D eigenvalue weighted by atomic mass is 127. The quantitative estimate of drug-likeness (QED) is 0.119. The van der Waals surface area contributed by atoms with Gasteiger partial charge in [-0.3, -0.25) is 0 Å². The van der Waals surface area contributed by atoms with Gasteiger partial charge in [0.2, 0.25) is 0 Å². The van der Waals surface area contributed by atoms with E-state index in [1.165, 1.54) is 0 Å². The van der Waals surface area contributed by atoms with Crippen molar-refractivity contribution in [2.45, 2.75) is 12.8 Å². The van der Waals surface area contributed by atoms with Crippen LogP contribution in [0.2, 0.25) is 0 Å². The van der Waals surface area contributed by atoms with Crippen LogP contribution >= 0.6 is 45.2 Å². The van der Waals surface area contributed by atoms with Crippen LogP contribution in [-0.2, 0) is 9.47 Å². The van der Waals surface area contributed by atoms with Crippen molar-refractivity contribution in [1.82, 2.24) is 9.80 Å². The number of alkyl halides is 2. The molecule has 0 rings (SSSR count). The summed E-state index contributed by atoms with van der Waals surface area (Å²) in [7, 11) is 8.21. The second kappa shape index (κ2) is 48.5. The van der Waals surface area contributed by atoms with Crippen molar-refractivity contribution >= 4 is 56.9 Å². The predicted octanol–water partition coefficient (Wildman–Crippen LogP) is 2.63. The molecule has 0 aromatic carbocycles. The van der Waals surface area contributed by atoms with E-state index >= 15 is 0 Å². The lowest BCUT2D eigenvalue weighted by molar-refractivity contribution is 0.0538. The third-order valence-corrected chi connectivity index (χ3v) is 2.87. The van der Waals surface area contributed by atoms with Crippen LogP contribution < -0.4 is 11.5 Å². The van der Waals surface area contributed by atoms with Gasteiger partial charge in [0.15, 0.2) is 0 Å². The Bertz CT molecular complexity index is 355. The average Bonchev–Trinajstić information content (AvgIpc) is 2.80.